The number of methoxy groups -OCH3 is 1. The number of nitrogens with two attached hydrogens (primary N) is 1. The van der Waals surface area contributed by atoms with Crippen molar-refractivity contribution in [1.82, 2.24) is 29.9 Å². The second-order valence-electron chi connectivity index (χ2n) is 11.5. The van der Waals surface area contributed by atoms with E-state index in [4.69, 9.17) is 10.5 Å². The molecule has 0 atom stereocenters. The number of rotatable bonds is 18. The first-order valence-corrected chi connectivity index (χ1v) is 16.8. The van der Waals surface area contributed by atoms with Crippen molar-refractivity contribution in [3.8, 4) is 11.5 Å². The molecule has 9 N–H and O–H groups in total. The summed E-state index contributed by atoms with van der Waals surface area (Å²) in [7, 11) is 1.61. The van der Waals surface area contributed by atoms with Gasteiger partial charge in [0, 0.05) is 37.6 Å². The molecule has 0 saturated heterocycles. The molecule has 0 unspecified atom stereocenters. The molecule has 0 aliphatic carbocycles. The van der Waals surface area contributed by atoms with E-state index >= 15 is 0 Å². The Morgan fingerprint density at radius 1 is 0.519 bits per heavy atom. The fraction of sp³-hybridized carbons (Fsp3) is 0.189. The second-order valence-corrected chi connectivity index (χ2v) is 11.5. The van der Waals surface area contributed by atoms with Gasteiger partial charge in [0.15, 0.2) is 0 Å². The van der Waals surface area contributed by atoms with Crippen LogP contribution < -0.4 is 42.4 Å². The van der Waals surface area contributed by atoms with Crippen molar-refractivity contribution in [2.45, 2.75) is 12.8 Å². The Morgan fingerprint density at radius 2 is 0.981 bits per heavy atom. The zero-order chi connectivity index (χ0) is 36.0. The quantitative estimate of drug-likeness (QED) is 0.0543. The summed E-state index contributed by atoms with van der Waals surface area (Å²) < 4.78 is 5.45. The number of aromatic hydroxyl groups is 1. The van der Waals surface area contributed by atoms with Crippen LogP contribution in [0.15, 0.2) is 103 Å². The summed E-state index contributed by atoms with van der Waals surface area (Å²) >= 11 is 0. The SMILES string of the molecule is COc1ccccc1Nc1nc(NCCN)nc(NCCc2ccc(Nc3nc(NCCc4ccc(O)cc4)nc(Nc4ccccc4)n3)cc2)n1. The van der Waals surface area contributed by atoms with Gasteiger partial charge in [0.1, 0.15) is 11.5 Å². The first-order chi connectivity index (χ1) is 25.5. The Labute approximate surface area is 301 Å². The predicted molar refractivity (Wildman–Crippen MR) is 205 cm³/mol. The standard InChI is InChI=1S/C37H41N13O2/c1-52-31-10-6-5-9-30(31)44-37-48-32(45-34(49-37)41-24-21-38)39-22-19-25-11-15-28(16-12-25)43-36-47-33(40-23-20-26-13-17-29(51)18-14-26)46-35(50-36)42-27-7-3-2-4-8-27/h2-18,51H,19-24,38H2,1H3,(H3,39,41,44,45,48,49)(H3,40,42,43,46,47,50). The second kappa shape index (κ2) is 17.8. The minimum Gasteiger partial charge on any atom is -0.508 e. The zero-order valence-electron chi connectivity index (χ0n) is 28.7. The summed E-state index contributed by atoms with van der Waals surface area (Å²) in [5, 5.41) is 29.1. The molecule has 266 valence electrons. The molecule has 0 amide bonds. The lowest BCUT2D eigenvalue weighted by atomic mass is 10.1. The molecule has 6 aromatic rings. The topological polar surface area (TPSA) is 205 Å². The van der Waals surface area contributed by atoms with Crippen molar-refractivity contribution in [3.05, 3.63) is 114 Å². The lowest BCUT2D eigenvalue weighted by Gasteiger charge is -2.13. The van der Waals surface area contributed by atoms with Gasteiger partial charge >= 0.3 is 0 Å². The number of phenols is 1. The van der Waals surface area contributed by atoms with Crippen molar-refractivity contribution < 1.29 is 9.84 Å². The smallest absolute Gasteiger partial charge is 0.233 e. The lowest BCUT2D eigenvalue weighted by Crippen LogP contribution is -2.17. The first kappa shape index (κ1) is 35.1. The minimum absolute atomic E-state index is 0.240. The molecule has 15 nitrogen and oxygen atoms in total. The Bertz CT molecular complexity index is 2010. The van der Waals surface area contributed by atoms with Crippen LogP contribution >= 0.6 is 0 Å². The summed E-state index contributed by atoms with van der Waals surface area (Å²) in [4.78, 5) is 27.3. The van der Waals surface area contributed by atoms with Gasteiger partial charge in [0.2, 0.25) is 35.7 Å². The van der Waals surface area contributed by atoms with E-state index in [0.717, 1.165) is 41.0 Å². The van der Waals surface area contributed by atoms with Crippen LogP contribution in [-0.2, 0) is 12.8 Å². The maximum absolute atomic E-state index is 9.57. The van der Waals surface area contributed by atoms with Gasteiger partial charge < -0.3 is 47.5 Å². The van der Waals surface area contributed by atoms with Crippen molar-refractivity contribution in [3.63, 3.8) is 0 Å². The zero-order valence-corrected chi connectivity index (χ0v) is 28.7. The van der Waals surface area contributed by atoms with Crippen LogP contribution in [0.4, 0.5) is 52.8 Å². The van der Waals surface area contributed by atoms with Crippen LogP contribution in [0, 0.1) is 0 Å². The molecular weight excluding hydrogens is 658 g/mol. The van der Waals surface area contributed by atoms with Crippen LogP contribution in [0.3, 0.4) is 0 Å². The fourth-order valence-electron chi connectivity index (χ4n) is 5.04. The van der Waals surface area contributed by atoms with Gasteiger partial charge in [-0.15, -0.1) is 0 Å². The van der Waals surface area contributed by atoms with Crippen molar-refractivity contribution in [1.29, 1.82) is 0 Å². The van der Waals surface area contributed by atoms with Crippen molar-refractivity contribution >= 4 is 52.8 Å². The molecule has 2 aromatic heterocycles. The average Bonchev–Trinajstić information content (AvgIpc) is 3.16. The molecular formula is C37H41N13O2. The Hall–Kier alpha value is -6.74. The number of para-hydroxylation sites is 3. The molecule has 0 radical (unpaired) electrons. The maximum atomic E-state index is 9.57. The Kier molecular flexibility index (Phi) is 12.0. The summed E-state index contributed by atoms with van der Waals surface area (Å²) in [6.45, 7) is 2.14. The minimum atomic E-state index is 0.240. The fourth-order valence-corrected chi connectivity index (χ4v) is 5.04. The number of hydrogen-bond acceptors (Lipinski definition) is 15. The van der Waals surface area contributed by atoms with E-state index in [-0.39, 0.29) is 5.75 Å². The number of nitrogens with zero attached hydrogens (tertiary/aromatic N) is 6. The highest BCUT2D eigenvalue weighted by Crippen LogP contribution is 2.26. The monoisotopic (exact) mass is 699 g/mol. The molecule has 0 aliphatic rings. The molecule has 6 rings (SSSR count). The molecule has 15 heteroatoms. The molecule has 0 saturated carbocycles. The van der Waals surface area contributed by atoms with Crippen LogP contribution in [0.2, 0.25) is 0 Å². The molecule has 0 fully saturated rings. The number of phenolic OH excluding ortho intramolecular Hbond substituents is 1. The van der Waals surface area contributed by atoms with Gasteiger partial charge in [-0.2, -0.15) is 29.9 Å². The Morgan fingerprint density at radius 3 is 1.56 bits per heavy atom. The average molecular weight is 700 g/mol. The van der Waals surface area contributed by atoms with E-state index in [1.165, 1.54) is 0 Å². The number of anilines is 9. The van der Waals surface area contributed by atoms with Crippen LogP contribution in [0.1, 0.15) is 11.1 Å². The third kappa shape index (κ3) is 10.4. The van der Waals surface area contributed by atoms with Crippen molar-refractivity contribution in [2.24, 2.45) is 5.73 Å². The molecule has 0 bridgehead atoms. The van der Waals surface area contributed by atoms with Gasteiger partial charge in [-0.05, 0) is 72.5 Å². The molecule has 0 aliphatic heterocycles. The third-order valence-corrected chi connectivity index (χ3v) is 7.62. The van der Waals surface area contributed by atoms with Crippen LogP contribution in [-0.4, -0.2) is 68.3 Å². The number of benzene rings is 4. The van der Waals surface area contributed by atoms with Gasteiger partial charge in [0.25, 0.3) is 0 Å². The lowest BCUT2D eigenvalue weighted by molar-refractivity contribution is 0.417. The molecule has 4 aromatic carbocycles. The summed E-state index contributed by atoms with van der Waals surface area (Å²) in [6, 6.07) is 32.4. The first-order valence-electron chi connectivity index (χ1n) is 16.8. The van der Waals surface area contributed by atoms with Crippen LogP contribution in [0.5, 0.6) is 11.5 Å². The molecule has 2 heterocycles. The van der Waals surface area contributed by atoms with E-state index < -0.39 is 0 Å². The predicted octanol–water partition coefficient (Wildman–Crippen LogP) is 5.68. The number of ether oxygens (including phenoxy) is 1. The molecule has 52 heavy (non-hydrogen) atoms. The van der Waals surface area contributed by atoms with E-state index in [1.54, 1.807) is 19.2 Å². The van der Waals surface area contributed by atoms with Crippen LogP contribution in [0.25, 0.3) is 0 Å². The maximum Gasteiger partial charge on any atom is 0.233 e. The normalized spacial score (nSPS) is 10.7. The highest BCUT2D eigenvalue weighted by atomic mass is 16.5. The largest absolute Gasteiger partial charge is 0.508 e. The number of nitrogens with one attached hydrogen (secondary N) is 6. The van der Waals surface area contributed by atoms with Gasteiger partial charge in [-0.25, -0.2) is 0 Å². The van der Waals surface area contributed by atoms with Gasteiger partial charge in [0.05, 0.1) is 12.8 Å². The van der Waals surface area contributed by atoms with E-state index in [2.05, 4.69) is 61.8 Å². The number of aromatic nitrogens is 6. The highest BCUT2D eigenvalue weighted by Gasteiger charge is 2.11. The summed E-state index contributed by atoms with van der Waals surface area (Å²) in [5.41, 5.74) is 10.3. The summed E-state index contributed by atoms with van der Waals surface area (Å²) in [6.07, 6.45) is 1.45. The number of hydrogen-bond donors (Lipinski definition) is 8. The third-order valence-electron chi connectivity index (χ3n) is 7.62. The van der Waals surface area contributed by atoms with Crippen molar-refractivity contribution in [2.75, 3.05) is 65.2 Å². The summed E-state index contributed by atoms with van der Waals surface area (Å²) in [5.74, 6) is 3.33. The Balaban J connectivity index is 1.08. The van der Waals surface area contributed by atoms with E-state index in [1.807, 2.05) is 91.0 Å². The van der Waals surface area contributed by atoms with Gasteiger partial charge in [-0.3, -0.25) is 0 Å². The van der Waals surface area contributed by atoms with E-state index in [0.29, 0.717) is 67.6 Å². The molecule has 0 spiro atoms. The van der Waals surface area contributed by atoms with Gasteiger partial charge in [-0.1, -0.05) is 54.6 Å². The highest BCUT2D eigenvalue weighted by molar-refractivity contribution is 5.63. The van der Waals surface area contributed by atoms with E-state index in [9.17, 15) is 5.11 Å².